The highest BCUT2D eigenvalue weighted by Gasteiger charge is 2.16. The van der Waals surface area contributed by atoms with E-state index < -0.39 is 11.2 Å². The molecule has 0 fully saturated rings. The largest absolute Gasteiger partial charge is 0.508 e. The number of hydrogen-bond acceptors (Lipinski definition) is 9. The number of nitrogens with zero attached hydrogens (tertiary/aromatic N) is 3. The third kappa shape index (κ3) is 4.86. The molecule has 0 aliphatic rings. The fourth-order valence-electron chi connectivity index (χ4n) is 2.87. The third-order valence-corrected chi connectivity index (χ3v) is 5.52. The Morgan fingerprint density at radius 2 is 1.84 bits per heavy atom. The van der Waals surface area contributed by atoms with Gasteiger partial charge in [0.05, 0.1) is 19.4 Å². The molecule has 2 aromatic heterocycles. The Morgan fingerprint density at radius 3 is 2.53 bits per heavy atom. The molecule has 0 aliphatic heterocycles. The van der Waals surface area contributed by atoms with Crippen LogP contribution >= 0.6 is 11.8 Å². The number of aromatic hydroxyl groups is 2. The predicted octanol–water partition coefficient (Wildman–Crippen LogP) is 3.35. The van der Waals surface area contributed by atoms with Crippen molar-refractivity contribution in [3.63, 3.8) is 0 Å². The van der Waals surface area contributed by atoms with Gasteiger partial charge in [-0.3, -0.25) is 4.79 Å². The van der Waals surface area contributed by atoms with Crippen molar-refractivity contribution in [1.29, 1.82) is 0 Å². The van der Waals surface area contributed by atoms with Gasteiger partial charge in [0.25, 0.3) is 0 Å². The van der Waals surface area contributed by atoms with Crippen LogP contribution in [-0.4, -0.2) is 32.2 Å². The van der Waals surface area contributed by atoms with E-state index >= 15 is 0 Å². The molecule has 0 spiro atoms. The number of methoxy groups -OCH3 is 1. The zero-order valence-electron chi connectivity index (χ0n) is 17.1. The molecule has 0 radical (unpaired) electrons. The summed E-state index contributed by atoms with van der Waals surface area (Å²) in [4.78, 5) is 11.6. The van der Waals surface area contributed by atoms with Crippen molar-refractivity contribution in [3.8, 4) is 28.6 Å². The summed E-state index contributed by atoms with van der Waals surface area (Å²) in [6.07, 6.45) is 1.02. The quantitative estimate of drug-likeness (QED) is 0.345. The summed E-state index contributed by atoms with van der Waals surface area (Å²) in [5.74, 6) is 1.81. The van der Waals surface area contributed by atoms with Crippen molar-refractivity contribution in [2.45, 2.75) is 17.5 Å². The van der Waals surface area contributed by atoms with Crippen LogP contribution in [0.25, 0.3) is 11.4 Å². The molecule has 32 heavy (non-hydrogen) atoms. The van der Waals surface area contributed by atoms with E-state index in [1.807, 2.05) is 36.4 Å². The summed E-state index contributed by atoms with van der Waals surface area (Å²) in [7, 11) is 1.60. The van der Waals surface area contributed by atoms with Crippen LogP contribution in [0.2, 0.25) is 0 Å². The lowest BCUT2D eigenvalue weighted by atomic mass is 10.2. The molecule has 0 atom stereocenters. The number of benzene rings is 2. The molecular weight excluding hydrogens is 432 g/mol. The predicted molar refractivity (Wildman–Crippen MR) is 119 cm³/mol. The van der Waals surface area contributed by atoms with Crippen LogP contribution in [0.4, 0.5) is 0 Å². The van der Waals surface area contributed by atoms with Crippen LogP contribution in [-0.2, 0) is 12.3 Å². The fourth-order valence-corrected chi connectivity index (χ4v) is 3.67. The molecule has 164 valence electrons. The van der Waals surface area contributed by atoms with Crippen molar-refractivity contribution >= 4 is 11.8 Å². The Balaban J connectivity index is 1.60. The molecule has 0 unspecified atom stereocenters. The van der Waals surface area contributed by atoms with Gasteiger partial charge in [0, 0.05) is 11.6 Å². The minimum absolute atomic E-state index is 0.198. The van der Waals surface area contributed by atoms with E-state index in [1.165, 1.54) is 17.8 Å². The molecular formula is C22H20N4O5S. The van der Waals surface area contributed by atoms with E-state index in [9.17, 15) is 15.0 Å². The highest BCUT2D eigenvalue weighted by molar-refractivity contribution is 7.98. The first-order valence-corrected chi connectivity index (χ1v) is 10.6. The molecule has 3 N–H and O–H groups in total. The SMILES string of the molecule is COc1ccc(-c2nnc(SCc3cc(=O)c(O)co3)n2NCc2ccc(O)cc2)cc1. The molecule has 4 rings (SSSR count). The zero-order valence-corrected chi connectivity index (χ0v) is 17.9. The zero-order chi connectivity index (χ0) is 22.5. The number of ether oxygens (including phenoxy) is 1. The lowest BCUT2D eigenvalue weighted by molar-refractivity contribution is 0.415. The second kappa shape index (κ2) is 9.48. The maximum absolute atomic E-state index is 11.6. The summed E-state index contributed by atoms with van der Waals surface area (Å²) in [6.45, 7) is 0.462. The maximum Gasteiger partial charge on any atom is 0.226 e. The summed E-state index contributed by atoms with van der Waals surface area (Å²) in [5, 5.41) is 28.0. The van der Waals surface area contributed by atoms with E-state index in [4.69, 9.17) is 9.15 Å². The average Bonchev–Trinajstić information content (AvgIpc) is 3.22. The van der Waals surface area contributed by atoms with Crippen LogP contribution < -0.4 is 15.6 Å². The summed E-state index contributed by atoms with van der Waals surface area (Å²) in [5.41, 5.74) is 4.59. The topological polar surface area (TPSA) is 123 Å². The van der Waals surface area contributed by atoms with Gasteiger partial charge in [-0.25, -0.2) is 4.68 Å². The standard InChI is InChI=1S/C22H20N4O5S/c1-30-17-8-4-15(5-9-17)21-24-25-22(32-13-18-10-19(28)20(29)12-31-18)26(21)23-11-14-2-6-16(27)7-3-14/h2-10,12,23,27,29H,11,13H2,1H3. The van der Waals surface area contributed by atoms with Crippen LogP contribution in [0.15, 0.2) is 75.2 Å². The maximum atomic E-state index is 11.6. The van der Waals surface area contributed by atoms with Gasteiger partial charge in [0.1, 0.15) is 23.5 Å². The van der Waals surface area contributed by atoms with Gasteiger partial charge in [-0.2, -0.15) is 0 Å². The summed E-state index contributed by atoms with van der Waals surface area (Å²) >= 11 is 1.32. The Labute approximate surface area is 187 Å². The van der Waals surface area contributed by atoms with Gasteiger partial charge in [-0.05, 0) is 42.0 Å². The van der Waals surface area contributed by atoms with Crippen molar-refractivity contribution < 1.29 is 19.4 Å². The first kappa shape index (κ1) is 21.3. The Kier molecular flexibility index (Phi) is 6.31. The molecule has 2 aromatic carbocycles. The fraction of sp³-hybridized carbons (Fsp3) is 0.136. The number of rotatable bonds is 8. The molecule has 0 aliphatic carbocycles. The Hall–Kier alpha value is -3.92. The van der Waals surface area contributed by atoms with Crippen LogP contribution in [0, 0.1) is 0 Å². The monoisotopic (exact) mass is 452 g/mol. The van der Waals surface area contributed by atoms with Crippen molar-refractivity contribution in [1.82, 2.24) is 14.9 Å². The van der Waals surface area contributed by atoms with E-state index in [-0.39, 0.29) is 5.75 Å². The van der Waals surface area contributed by atoms with Gasteiger partial charge in [0.2, 0.25) is 10.6 Å². The highest BCUT2D eigenvalue weighted by Crippen LogP contribution is 2.27. The molecule has 10 heteroatoms. The lowest BCUT2D eigenvalue weighted by Gasteiger charge is -2.13. The molecule has 4 aromatic rings. The Morgan fingerprint density at radius 1 is 1.09 bits per heavy atom. The van der Waals surface area contributed by atoms with Crippen LogP contribution in [0.5, 0.6) is 17.2 Å². The molecule has 0 amide bonds. The Bertz CT molecular complexity index is 1250. The molecule has 0 saturated carbocycles. The van der Waals surface area contributed by atoms with E-state index in [1.54, 1.807) is 23.9 Å². The van der Waals surface area contributed by atoms with Crippen LogP contribution in [0.3, 0.4) is 0 Å². The first-order valence-electron chi connectivity index (χ1n) is 9.58. The number of phenols is 1. The minimum Gasteiger partial charge on any atom is -0.508 e. The normalized spacial score (nSPS) is 10.8. The highest BCUT2D eigenvalue weighted by atomic mass is 32.2. The van der Waals surface area contributed by atoms with Gasteiger partial charge < -0.3 is 24.8 Å². The number of hydrogen-bond donors (Lipinski definition) is 3. The number of aromatic nitrogens is 3. The van der Waals surface area contributed by atoms with Crippen molar-refractivity contribution in [2.75, 3.05) is 12.5 Å². The third-order valence-electron chi connectivity index (χ3n) is 4.57. The van der Waals surface area contributed by atoms with Gasteiger partial charge in [-0.1, -0.05) is 23.9 Å². The van der Waals surface area contributed by atoms with Gasteiger partial charge in [0.15, 0.2) is 11.6 Å². The smallest absolute Gasteiger partial charge is 0.226 e. The van der Waals surface area contributed by atoms with Crippen molar-refractivity contribution in [2.24, 2.45) is 0 Å². The summed E-state index contributed by atoms with van der Waals surface area (Å²) < 4.78 is 12.3. The first-order chi connectivity index (χ1) is 15.5. The van der Waals surface area contributed by atoms with Gasteiger partial charge >= 0.3 is 0 Å². The molecule has 0 bridgehead atoms. The van der Waals surface area contributed by atoms with E-state index in [2.05, 4.69) is 15.6 Å². The van der Waals surface area contributed by atoms with E-state index in [0.29, 0.717) is 29.0 Å². The van der Waals surface area contributed by atoms with E-state index in [0.717, 1.165) is 23.1 Å². The molecule has 9 nitrogen and oxygen atoms in total. The number of nitrogens with one attached hydrogen (secondary N) is 1. The average molecular weight is 452 g/mol. The van der Waals surface area contributed by atoms with Crippen LogP contribution in [0.1, 0.15) is 11.3 Å². The summed E-state index contributed by atoms with van der Waals surface area (Å²) in [6, 6.07) is 15.6. The number of thioether (sulfide) groups is 1. The number of phenolic OH excluding ortho intramolecular Hbond substituents is 1. The van der Waals surface area contributed by atoms with Crippen molar-refractivity contribution in [3.05, 3.63) is 82.4 Å². The molecule has 0 saturated heterocycles. The lowest BCUT2D eigenvalue weighted by Crippen LogP contribution is -2.17. The minimum atomic E-state index is -0.502. The molecule has 2 heterocycles. The second-order valence-electron chi connectivity index (χ2n) is 6.76. The second-order valence-corrected chi connectivity index (χ2v) is 7.70. The van der Waals surface area contributed by atoms with Gasteiger partial charge in [-0.15, -0.1) is 10.2 Å².